The van der Waals surface area contributed by atoms with E-state index in [9.17, 15) is 5.02 Å². The molecule has 0 spiro atoms. The lowest BCUT2D eigenvalue weighted by molar-refractivity contribution is 0.275. The van der Waals surface area contributed by atoms with Gasteiger partial charge in [-0.05, 0) is 28.8 Å². The molecule has 0 aromatic heterocycles. The van der Waals surface area contributed by atoms with Gasteiger partial charge < -0.3 is 15.0 Å². The summed E-state index contributed by atoms with van der Waals surface area (Å²) in [5.74, 6) is 0. The molecule has 17 heavy (non-hydrogen) atoms. The van der Waals surface area contributed by atoms with E-state index in [0.29, 0.717) is 11.7 Å². The average molecular weight is 249 g/mol. The molecule has 88 valence electrons. The molecule has 0 saturated heterocycles. The summed E-state index contributed by atoms with van der Waals surface area (Å²) in [6.45, 7) is 0.431. The number of hydrogen-bond acceptors (Lipinski definition) is 4. The Balaban J connectivity index is 2.17. The largest absolute Gasteiger partial charge is 0.492 e. The van der Waals surface area contributed by atoms with Crippen LogP contribution in [0.25, 0.3) is 0 Å². The van der Waals surface area contributed by atoms with Gasteiger partial charge in [0, 0.05) is 7.05 Å². The Morgan fingerprint density at radius 1 is 1.65 bits per heavy atom. The molecule has 1 heterocycles. The molecule has 2 rings (SSSR count). The summed E-state index contributed by atoms with van der Waals surface area (Å²) >= 11 is 4.88. The van der Waals surface area contributed by atoms with Gasteiger partial charge in [-0.1, -0.05) is 18.2 Å². The van der Waals surface area contributed by atoms with Crippen molar-refractivity contribution in [1.82, 2.24) is 10.7 Å². The first-order chi connectivity index (χ1) is 8.22. The summed E-state index contributed by atoms with van der Waals surface area (Å²) < 4.78 is 5.15. The third-order valence-electron chi connectivity index (χ3n) is 2.47. The second-order valence-corrected chi connectivity index (χ2v) is 3.94. The molecule has 0 aliphatic carbocycles. The summed E-state index contributed by atoms with van der Waals surface area (Å²) in [7, 11) is 0.840. The second kappa shape index (κ2) is 5.26. The van der Waals surface area contributed by atoms with Crippen LogP contribution in [0.1, 0.15) is 11.1 Å². The van der Waals surface area contributed by atoms with Crippen LogP contribution in [0.15, 0.2) is 23.3 Å². The second-order valence-electron chi connectivity index (χ2n) is 3.53. The van der Waals surface area contributed by atoms with E-state index < -0.39 is 7.12 Å². The minimum atomic E-state index is -0.871. The molecule has 0 saturated carbocycles. The van der Waals surface area contributed by atoms with Crippen LogP contribution in [0, 0.1) is 0 Å². The van der Waals surface area contributed by atoms with E-state index in [1.54, 1.807) is 13.3 Å². The molecule has 1 aromatic rings. The lowest BCUT2D eigenvalue weighted by Crippen LogP contribution is -2.32. The Bertz CT molecular complexity index is 467. The van der Waals surface area contributed by atoms with Crippen molar-refractivity contribution in [2.45, 2.75) is 6.61 Å². The van der Waals surface area contributed by atoms with E-state index >= 15 is 0 Å². The number of hydrogen-bond donors (Lipinski definition) is 3. The molecule has 0 bridgehead atoms. The van der Waals surface area contributed by atoms with Crippen LogP contribution in [-0.2, 0) is 11.3 Å². The SMILES string of the molecule is CNC(=S)NN=Cc1cccc2c1B(O)OC2. The molecular formula is C10H12BN3O2S. The minimum absolute atomic E-state index is 0.431. The molecule has 0 unspecified atom stereocenters. The highest BCUT2D eigenvalue weighted by Crippen LogP contribution is 2.11. The van der Waals surface area contributed by atoms with Crippen LogP contribution in [0.5, 0.6) is 0 Å². The van der Waals surface area contributed by atoms with Gasteiger partial charge in [0.05, 0.1) is 12.8 Å². The molecule has 3 N–H and O–H groups in total. The van der Waals surface area contributed by atoms with E-state index in [1.165, 1.54) is 0 Å². The first-order valence-corrected chi connectivity index (χ1v) is 5.55. The fourth-order valence-corrected chi connectivity index (χ4v) is 1.69. The Kier molecular flexibility index (Phi) is 3.73. The van der Waals surface area contributed by atoms with E-state index in [1.807, 2.05) is 18.2 Å². The molecule has 1 aromatic carbocycles. The minimum Gasteiger partial charge on any atom is -0.423 e. The lowest BCUT2D eigenvalue weighted by atomic mass is 9.76. The van der Waals surface area contributed by atoms with Gasteiger partial charge >= 0.3 is 7.12 Å². The Labute approximate surface area is 105 Å². The van der Waals surface area contributed by atoms with Crippen LogP contribution in [-0.4, -0.2) is 30.5 Å². The van der Waals surface area contributed by atoms with E-state index in [4.69, 9.17) is 16.9 Å². The van der Waals surface area contributed by atoms with E-state index in [0.717, 1.165) is 16.6 Å². The number of thiocarbonyl (C=S) groups is 1. The van der Waals surface area contributed by atoms with Crippen LogP contribution in [0.4, 0.5) is 0 Å². The number of fused-ring (bicyclic) bond motifs is 1. The van der Waals surface area contributed by atoms with Crippen LogP contribution < -0.4 is 16.2 Å². The maximum Gasteiger partial charge on any atom is 0.492 e. The van der Waals surface area contributed by atoms with Gasteiger partial charge in [-0.15, -0.1) is 0 Å². The maximum atomic E-state index is 9.67. The van der Waals surface area contributed by atoms with Crippen molar-refractivity contribution in [3.8, 4) is 0 Å². The fraction of sp³-hybridized carbons (Fsp3) is 0.200. The van der Waals surface area contributed by atoms with Crippen molar-refractivity contribution in [2.75, 3.05) is 7.05 Å². The Morgan fingerprint density at radius 2 is 2.47 bits per heavy atom. The van der Waals surface area contributed by atoms with Crippen molar-refractivity contribution < 1.29 is 9.68 Å². The summed E-state index contributed by atoms with van der Waals surface area (Å²) in [5.41, 5.74) is 5.23. The molecule has 0 amide bonds. The van der Waals surface area contributed by atoms with Gasteiger partial charge in [0.1, 0.15) is 0 Å². The van der Waals surface area contributed by atoms with Crippen molar-refractivity contribution in [3.05, 3.63) is 29.3 Å². The molecular weight excluding hydrogens is 237 g/mol. The molecule has 0 atom stereocenters. The van der Waals surface area contributed by atoms with Gasteiger partial charge in [-0.25, -0.2) is 0 Å². The number of nitrogens with zero attached hydrogens (tertiary/aromatic N) is 1. The standard InChI is InChI=1S/C10H12BN3O2S/c1-12-10(17)14-13-5-7-3-2-4-8-6-16-11(15)9(7)8/h2-5,15H,6H2,1H3,(H2,12,14,17). The van der Waals surface area contributed by atoms with Gasteiger partial charge in [0.15, 0.2) is 5.11 Å². The van der Waals surface area contributed by atoms with Gasteiger partial charge in [-0.2, -0.15) is 5.10 Å². The number of rotatable bonds is 2. The first-order valence-electron chi connectivity index (χ1n) is 5.14. The maximum absolute atomic E-state index is 9.67. The third kappa shape index (κ3) is 2.63. The zero-order chi connectivity index (χ0) is 12.3. The summed E-state index contributed by atoms with van der Waals surface area (Å²) in [6.07, 6.45) is 1.61. The molecule has 5 nitrogen and oxygen atoms in total. The van der Waals surface area contributed by atoms with Crippen LogP contribution >= 0.6 is 12.2 Å². The monoisotopic (exact) mass is 249 g/mol. The number of benzene rings is 1. The van der Waals surface area contributed by atoms with Crippen molar-refractivity contribution in [1.29, 1.82) is 0 Å². The first kappa shape index (κ1) is 12.0. The Hall–Kier alpha value is -1.44. The predicted molar refractivity (Wildman–Crippen MR) is 71.2 cm³/mol. The molecule has 7 heteroatoms. The van der Waals surface area contributed by atoms with Crippen molar-refractivity contribution in [3.63, 3.8) is 0 Å². The van der Waals surface area contributed by atoms with Crippen molar-refractivity contribution in [2.24, 2.45) is 5.10 Å². The van der Waals surface area contributed by atoms with E-state index in [2.05, 4.69) is 15.8 Å². The smallest absolute Gasteiger partial charge is 0.423 e. The number of hydrazone groups is 1. The third-order valence-corrected chi connectivity index (χ3v) is 2.77. The summed E-state index contributed by atoms with van der Waals surface area (Å²) in [5, 5.41) is 16.8. The quantitative estimate of drug-likeness (QED) is 0.281. The normalized spacial score (nSPS) is 13.9. The average Bonchev–Trinajstić information content (AvgIpc) is 2.72. The van der Waals surface area contributed by atoms with Gasteiger partial charge in [-0.3, -0.25) is 5.43 Å². The lowest BCUT2D eigenvalue weighted by Gasteiger charge is -2.04. The van der Waals surface area contributed by atoms with Crippen LogP contribution in [0.2, 0.25) is 0 Å². The zero-order valence-electron chi connectivity index (χ0n) is 9.30. The predicted octanol–water partition coefficient (Wildman–Crippen LogP) is -0.668. The molecule has 1 aliphatic heterocycles. The highest BCUT2D eigenvalue weighted by atomic mass is 32.1. The zero-order valence-corrected chi connectivity index (χ0v) is 10.1. The molecule has 0 fully saturated rings. The summed E-state index contributed by atoms with van der Waals surface area (Å²) in [4.78, 5) is 0. The van der Waals surface area contributed by atoms with Crippen LogP contribution in [0.3, 0.4) is 0 Å². The number of nitrogens with one attached hydrogen (secondary N) is 2. The van der Waals surface area contributed by atoms with Gasteiger partial charge in [0.25, 0.3) is 0 Å². The Morgan fingerprint density at radius 3 is 3.24 bits per heavy atom. The summed E-state index contributed by atoms with van der Waals surface area (Å²) in [6, 6.07) is 5.69. The van der Waals surface area contributed by atoms with E-state index in [-0.39, 0.29) is 0 Å². The van der Waals surface area contributed by atoms with Gasteiger partial charge in [0.2, 0.25) is 0 Å². The molecule has 1 aliphatic rings. The molecule has 0 radical (unpaired) electrons. The highest BCUT2D eigenvalue weighted by molar-refractivity contribution is 7.80. The van der Waals surface area contributed by atoms with Crippen molar-refractivity contribution >= 4 is 36.1 Å². The highest BCUT2D eigenvalue weighted by Gasteiger charge is 2.29. The topological polar surface area (TPSA) is 65.9 Å². The fourth-order valence-electron chi connectivity index (χ4n) is 1.64.